The first-order chi connectivity index (χ1) is 12.2. The Morgan fingerprint density at radius 2 is 2.16 bits per heavy atom. The van der Waals surface area contributed by atoms with Gasteiger partial charge in [0, 0.05) is 32.0 Å². The van der Waals surface area contributed by atoms with Crippen LogP contribution in [0.1, 0.15) is 17.4 Å². The second-order valence-corrected chi connectivity index (χ2v) is 6.33. The number of hydrogen-bond acceptors (Lipinski definition) is 4. The van der Waals surface area contributed by atoms with E-state index in [1.54, 1.807) is 6.20 Å². The molecule has 0 radical (unpaired) electrons. The third-order valence-corrected chi connectivity index (χ3v) is 4.77. The van der Waals surface area contributed by atoms with E-state index in [9.17, 15) is 4.79 Å². The highest BCUT2D eigenvalue weighted by Gasteiger charge is 2.28. The van der Waals surface area contributed by atoms with Gasteiger partial charge in [0.1, 0.15) is 12.4 Å². The Morgan fingerprint density at radius 3 is 3.00 bits per heavy atom. The first-order valence-corrected chi connectivity index (χ1v) is 8.56. The number of para-hydroxylation sites is 2. The summed E-state index contributed by atoms with van der Waals surface area (Å²) in [5.41, 5.74) is 2.99. The van der Waals surface area contributed by atoms with Crippen molar-refractivity contribution in [3.8, 4) is 0 Å². The molecule has 1 saturated heterocycles. The van der Waals surface area contributed by atoms with Gasteiger partial charge in [-0.2, -0.15) is 0 Å². The van der Waals surface area contributed by atoms with Crippen LogP contribution in [0.4, 0.5) is 0 Å². The largest absolute Gasteiger partial charge is 0.331 e. The summed E-state index contributed by atoms with van der Waals surface area (Å²) in [4.78, 5) is 23.8. The van der Waals surface area contributed by atoms with Crippen LogP contribution in [0.5, 0.6) is 0 Å². The fourth-order valence-electron chi connectivity index (χ4n) is 3.50. The van der Waals surface area contributed by atoms with E-state index < -0.39 is 0 Å². The molecular weight excluding hydrogens is 314 g/mol. The van der Waals surface area contributed by atoms with E-state index in [2.05, 4.69) is 15.3 Å². The summed E-state index contributed by atoms with van der Waals surface area (Å²) < 4.78 is 2.00. The molecule has 6 nitrogen and oxygen atoms in total. The highest BCUT2D eigenvalue weighted by atomic mass is 16.2. The molecule has 1 aromatic carbocycles. The lowest BCUT2D eigenvalue weighted by molar-refractivity contribution is -0.135. The van der Waals surface area contributed by atoms with Crippen molar-refractivity contribution in [3.63, 3.8) is 0 Å². The standard InChI is InChI=1S/C19H21N5O/c1-14-22-16-6-2-3-7-17(16)24(14)13-19(25)23-10-9-21-12-18(23)15-5-4-8-20-11-15/h2-8,11,18,21H,9-10,12-13H2,1H3. The number of carbonyl (C=O) groups is 1. The first kappa shape index (κ1) is 15.8. The van der Waals surface area contributed by atoms with Gasteiger partial charge in [0.25, 0.3) is 0 Å². The van der Waals surface area contributed by atoms with Crippen molar-refractivity contribution in [1.29, 1.82) is 0 Å². The number of rotatable bonds is 3. The van der Waals surface area contributed by atoms with Crippen molar-refractivity contribution < 1.29 is 4.79 Å². The zero-order valence-electron chi connectivity index (χ0n) is 14.2. The third kappa shape index (κ3) is 3.00. The minimum Gasteiger partial charge on any atom is -0.331 e. The van der Waals surface area contributed by atoms with Crippen molar-refractivity contribution in [2.24, 2.45) is 0 Å². The quantitative estimate of drug-likeness (QED) is 0.794. The SMILES string of the molecule is Cc1nc2ccccc2n1CC(=O)N1CCNCC1c1cccnc1. The molecule has 1 N–H and O–H groups in total. The number of nitrogens with one attached hydrogen (secondary N) is 1. The fraction of sp³-hybridized carbons (Fsp3) is 0.316. The molecule has 1 fully saturated rings. The number of imidazole rings is 1. The number of piperazine rings is 1. The Labute approximate surface area is 146 Å². The molecule has 0 saturated carbocycles. The van der Waals surface area contributed by atoms with Gasteiger partial charge in [0.05, 0.1) is 17.1 Å². The molecule has 4 rings (SSSR count). The molecule has 0 aliphatic carbocycles. The second kappa shape index (κ2) is 6.64. The summed E-state index contributed by atoms with van der Waals surface area (Å²) in [6.07, 6.45) is 3.60. The van der Waals surface area contributed by atoms with E-state index in [1.165, 1.54) is 0 Å². The van der Waals surface area contributed by atoms with Crippen LogP contribution >= 0.6 is 0 Å². The summed E-state index contributed by atoms with van der Waals surface area (Å²) in [5.74, 6) is 0.976. The number of amides is 1. The number of nitrogens with zero attached hydrogens (tertiary/aromatic N) is 4. The van der Waals surface area contributed by atoms with Crippen molar-refractivity contribution >= 4 is 16.9 Å². The number of aromatic nitrogens is 3. The summed E-state index contributed by atoms with van der Waals surface area (Å²) >= 11 is 0. The zero-order chi connectivity index (χ0) is 17.2. The number of fused-ring (bicyclic) bond motifs is 1. The summed E-state index contributed by atoms with van der Waals surface area (Å²) in [5, 5.41) is 3.38. The number of aryl methyl sites for hydroxylation is 1. The molecule has 1 aliphatic rings. The minimum atomic E-state index is 0.0186. The van der Waals surface area contributed by atoms with E-state index in [1.807, 2.05) is 59.0 Å². The Morgan fingerprint density at radius 1 is 1.28 bits per heavy atom. The normalized spacial score (nSPS) is 17.8. The Hall–Kier alpha value is -2.73. The average molecular weight is 335 g/mol. The van der Waals surface area contributed by atoms with Gasteiger partial charge in [-0.15, -0.1) is 0 Å². The minimum absolute atomic E-state index is 0.0186. The molecule has 128 valence electrons. The molecule has 1 aliphatic heterocycles. The lowest BCUT2D eigenvalue weighted by Gasteiger charge is -2.36. The summed E-state index contributed by atoms with van der Waals surface area (Å²) in [6.45, 7) is 4.52. The molecule has 6 heteroatoms. The molecule has 3 aromatic rings. The van der Waals surface area contributed by atoms with E-state index in [-0.39, 0.29) is 11.9 Å². The van der Waals surface area contributed by atoms with E-state index in [0.717, 1.165) is 35.5 Å². The van der Waals surface area contributed by atoms with Crippen molar-refractivity contribution in [2.45, 2.75) is 19.5 Å². The van der Waals surface area contributed by atoms with Crippen LogP contribution in [0, 0.1) is 6.92 Å². The van der Waals surface area contributed by atoms with Gasteiger partial charge in [-0.05, 0) is 30.7 Å². The monoisotopic (exact) mass is 335 g/mol. The molecule has 0 bridgehead atoms. The maximum atomic E-state index is 13.1. The fourth-order valence-corrected chi connectivity index (χ4v) is 3.50. The van der Waals surface area contributed by atoms with E-state index in [4.69, 9.17) is 0 Å². The second-order valence-electron chi connectivity index (χ2n) is 6.33. The molecular formula is C19H21N5O. The third-order valence-electron chi connectivity index (χ3n) is 4.77. The van der Waals surface area contributed by atoms with Crippen LogP contribution < -0.4 is 5.32 Å². The number of pyridine rings is 1. The van der Waals surface area contributed by atoms with Gasteiger partial charge in [-0.3, -0.25) is 9.78 Å². The topological polar surface area (TPSA) is 63.1 Å². The predicted molar refractivity (Wildman–Crippen MR) is 96.0 cm³/mol. The molecule has 1 unspecified atom stereocenters. The smallest absolute Gasteiger partial charge is 0.243 e. The number of carbonyl (C=O) groups excluding carboxylic acids is 1. The van der Waals surface area contributed by atoms with Crippen LogP contribution in [0.2, 0.25) is 0 Å². The van der Waals surface area contributed by atoms with Crippen molar-refractivity contribution in [3.05, 3.63) is 60.2 Å². The lowest BCUT2D eigenvalue weighted by Crippen LogP contribution is -2.49. The maximum Gasteiger partial charge on any atom is 0.243 e. The van der Waals surface area contributed by atoms with Crippen LogP contribution in [0.15, 0.2) is 48.8 Å². The summed E-state index contributed by atoms with van der Waals surface area (Å²) in [6, 6.07) is 11.9. The highest BCUT2D eigenvalue weighted by molar-refractivity contribution is 5.81. The molecule has 2 aromatic heterocycles. The van der Waals surface area contributed by atoms with Crippen molar-refractivity contribution in [2.75, 3.05) is 19.6 Å². The first-order valence-electron chi connectivity index (χ1n) is 8.56. The molecule has 1 amide bonds. The maximum absolute atomic E-state index is 13.1. The molecule has 1 atom stereocenters. The van der Waals surface area contributed by atoms with Gasteiger partial charge in [0.2, 0.25) is 5.91 Å². The Bertz CT molecular complexity index is 889. The van der Waals surface area contributed by atoms with E-state index >= 15 is 0 Å². The van der Waals surface area contributed by atoms with E-state index in [0.29, 0.717) is 13.1 Å². The molecule has 25 heavy (non-hydrogen) atoms. The van der Waals surface area contributed by atoms with Crippen LogP contribution in [0.3, 0.4) is 0 Å². The van der Waals surface area contributed by atoms with Crippen LogP contribution in [-0.2, 0) is 11.3 Å². The molecule has 0 spiro atoms. The highest BCUT2D eigenvalue weighted by Crippen LogP contribution is 2.23. The van der Waals surface area contributed by atoms with Crippen LogP contribution in [-0.4, -0.2) is 45.0 Å². The average Bonchev–Trinajstić information content (AvgIpc) is 2.98. The lowest BCUT2D eigenvalue weighted by atomic mass is 10.1. The van der Waals surface area contributed by atoms with Crippen LogP contribution in [0.25, 0.3) is 11.0 Å². The van der Waals surface area contributed by atoms with Gasteiger partial charge in [0.15, 0.2) is 0 Å². The predicted octanol–water partition coefficient (Wildman–Crippen LogP) is 1.91. The number of benzene rings is 1. The van der Waals surface area contributed by atoms with Gasteiger partial charge < -0.3 is 14.8 Å². The van der Waals surface area contributed by atoms with Gasteiger partial charge >= 0.3 is 0 Å². The Kier molecular flexibility index (Phi) is 4.19. The van der Waals surface area contributed by atoms with Gasteiger partial charge in [-0.25, -0.2) is 4.98 Å². The number of hydrogen-bond donors (Lipinski definition) is 1. The summed E-state index contributed by atoms with van der Waals surface area (Å²) in [7, 11) is 0. The van der Waals surface area contributed by atoms with Crippen molar-refractivity contribution in [1.82, 2.24) is 24.8 Å². The van der Waals surface area contributed by atoms with Gasteiger partial charge in [-0.1, -0.05) is 18.2 Å². The zero-order valence-corrected chi connectivity index (χ0v) is 14.2. The molecule has 3 heterocycles. The Balaban J connectivity index is 1.61.